The molecule has 1 fully saturated rings. The number of nitrogens with one attached hydrogen (secondary N) is 1. The fraction of sp³-hybridized carbons (Fsp3) is 0.333. The van der Waals surface area contributed by atoms with Gasteiger partial charge in [-0.1, -0.05) is 0 Å². The summed E-state index contributed by atoms with van der Waals surface area (Å²) in [6.45, 7) is 2.99. The zero-order chi connectivity index (χ0) is 12.4. The van der Waals surface area contributed by atoms with Gasteiger partial charge in [-0.25, -0.2) is 0 Å². The molecule has 0 radical (unpaired) electrons. The molecule has 92 valence electrons. The first-order valence-corrected chi connectivity index (χ1v) is 6.41. The molecular weight excluding hydrogens is 222 g/mol. The second kappa shape index (κ2) is 4.86. The highest BCUT2D eigenvalue weighted by Crippen LogP contribution is 2.23. The van der Waals surface area contributed by atoms with Crippen molar-refractivity contribution >= 4 is 0 Å². The number of nitrogens with zero attached hydrogens (tertiary/aromatic N) is 2. The summed E-state index contributed by atoms with van der Waals surface area (Å²) >= 11 is 0. The van der Waals surface area contributed by atoms with Crippen LogP contribution in [-0.2, 0) is 6.54 Å². The average Bonchev–Trinajstić information content (AvgIpc) is 3.21. The molecule has 0 atom stereocenters. The molecule has 1 N–H and O–H groups in total. The van der Waals surface area contributed by atoms with Crippen molar-refractivity contribution in [3.05, 3.63) is 48.0 Å². The zero-order valence-electron chi connectivity index (χ0n) is 10.6. The molecule has 0 spiro atoms. The Balaban J connectivity index is 1.83. The fourth-order valence-electron chi connectivity index (χ4n) is 2.08. The van der Waals surface area contributed by atoms with Gasteiger partial charge < -0.3 is 5.32 Å². The molecule has 0 unspecified atom stereocenters. The molecule has 2 aromatic heterocycles. The second-order valence-corrected chi connectivity index (χ2v) is 4.93. The summed E-state index contributed by atoms with van der Waals surface area (Å²) in [4.78, 5) is 8.47. The largest absolute Gasteiger partial charge is 0.310 e. The van der Waals surface area contributed by atoms with Crippen LogP contribution in [0.4, 0.5) is 0 Å². The van der Waals surface area contributed by atoms with Crippen molar-refractivity contribution in [2.75, 3.05) is 0 Å². The van der Waals surface area contributed by atoms with Crippen molar-refractivity contribution in [1.82, 2.24) is 15.3 Å². The summed E-state index contributed by atoms with van der Waals surface area (Å²) in [6.07, 6.45) is 10.2. The Bertz CT molecular complexity index is 547. The minimum Gasteiger partial charge on any atom is -0.310 e. The van der Waals surface area contributed by atoms with E-state index >= 15 is 0 Å². The van der Waals surface area contributed by atoms with Gasteiger partial charge in [-0.15, -0.1) is 0 Å². The van der Waals surface area contributed by atoms with Gasteiger partial charge in [-0.3, -0.25) is 9.97 Å². The normalized spacial score (nSPS) is 14.7. The number of aryl methyl sites for hydroxylation is 1. The second-order valence-electron chi connectivity index (χ2n) is 4.93. The molecular formula is C15H17N3. The van der Waals surface area contributed by atoms with Crippen LogP contribution in [0.1, 0.15) is 24.0 Å². The van der Waals surface area contributed by atoms with Crippen molar-refractivity contribution in [2.45, 2.75) is 32.4 Å². The van der Waals surface area contributed by atoms with Crippen LogP contribution < -0.4 is 5.32 Å². The standard InChI is InChI=1S/C15H17N3/c1-11-7-16-5-4-15(11)13-6-12(8-17-10-13)9-18-14-2-3-14/h4-8,10,14,18H,2-3,9H2,1H3. The first kappa shape index (κ1) is 11.4. The Labute approximate surface area is 107 Å². The predicted molar refractivity (Wildman–Crippen MR) is 72.1 cm³/mol. The van der Waals surface area contributed by atoms with Gasteiger partial charge >= 0.3 is 0 Å². The first-order chi connectivity index (χ1) is 8.83. The number of hydrogen-bond donors (Lipinski definition) is 1. The lowest BCUT2D eigenvalue weighted by Gasteiger charge is -2.07. The summed E-state index contributed by atoms with van der Waals surface area (Å²) in [5.41, 5.74) is 4.82. The molecule has 3 heteroatoms. The number of rotatable bonds is 4. The summed E-state index contributed by atoms with van der Waals surface area (Å²) in [5.74, 6) is 0. The van der Waals surface area contributed by atoms with Gasteiger partial charge in [0.2, 0.25) is 0 Å². The minimum absolute atomic E-state index is 0.733. The first-order valence-electron chi connectivity index (χ1n) is 6.41. The van der Waals surface area contributed by atoms with Crippen molar-refractivity contribution < 1.29 is 0 Å². The number of pyridine rings is 2. The zero-order valence-corrected chi connectivity index (χ0v) is 10.6. The molecule has 3 nitrogen and oxygen atoms in total. The van der Waals surface area contributed by atoms with E-state index in [2.05, 4.69) is 28.3 Å². The molecule has 0 bridgehead atoms. The molecule has 1 aliphatic rings. The van der Waals surface area contributed by atoms with Crippen LogP contribution in [0.3, 0.4) is 0 Å². The smallest absolute Gasteiger partial charge is 0.0346 e. The van der Waals surface area contributed by atoms with Gasteiger partial charge in [-0.2, -0.15) is 0 Å². The Morgan fingerprint density at radius 1 is 1.22 bits per heavy atom. The molecule has 0 aliphatic heterocycles. The Kier molecular flexibility index (Phi) is 3.07. The van der Waals surface area contributed by atoms with Gasteiger partial charge in [0.15, 0.2) is 0 Å². The molecule has 2 heterocycles. The van der Waals surface area contributed by atoms with E-state index in [0.29, 0.717) is 0 Å². The van der Waals surface area contributed by atoms with E-state index in [9.17, 15) is 0 Å². The lowest BCUT2D eigenvalue weighted by atomic mass is 10.0. The Morgan fingerprint density at radius 2 is 2.11 bits per heavy atom. The van der Waals surface area contributed by atoms with Crippen LogP contribution in [-0.4, -0.2) is 16.0 Å². The van der Waals surface area contributed by atoms with E-state index in [1.165, 1.54) is 35.1 Å². The monoisotopic (exact) mass is 239 g/mol. The molecule has 3 rings (SSSR count). The third-order valence-corrected chi connectivity index (χ3v) is 3.30. The Morgan fingerprint density at radius 3 is 2.89 bits per heavy atom. The quantitative estimate of drug-likeness (QED) is 0.891. The van der Waals surface area contributed by atoms with E-state index < -0.39 is 0 Å². The molecule has 1 aliphatic carbocycles. The lowest BCUT2D eigenvalue weighted by Crippen LogP contribution is -2.15. The fourth-order valence-corrected chi connectivity index (χ4v) is 2.08. The van der Waals surface area contributed by atoms with Crippen LogP contribution in [0.25, 0.3) is 11.1 Å². The summed E-state index contributed by atoms with van der Waals surface area (Å²) in [5, 5.41) is 3.51. The third-order valence-electron chi connectivity index (χ3n) is 3.30. The van der Waals surface area contributed by atoms with Gasteiger partial charge in [0.25, 0.3) is 0 Å². The highest BCUT2D eigenvalue weighted by atomic mass is 14.9. The summed E-state index contributed by atoms with van der Waals surface area (Å²) in [6, 6.07) is 4.99. The summed E-state index contributed by atoms with van der Waals surface area (Å²) < 4.78 is 0. The van der Waals surface area contributed by atoms with Gasteiger partial charge in [0, 0.05) is 42.9 Å². The summed E-state index contributed by atoms with van der Waals surface area (Å²) in [7, 11) is 0. The molecule has 2 aromatic rings. The average molecular weight is 239 g/mol. The van der Waals surface area contributed by atoms with Crippen molar-refractivity contribution in [3.63, 3.8) is 0 Å². The Hall–Kier alpha value is -1.74. The van der Waals surface area contributed by atoms with E-state index in [1.807, 2.05) is 30.9 Å². The van der Waals surface area contributed by atoms with Gasteiger partial charge in [0.1, 0.15) is 0 Å². The maximum atomic E-state index is 4.34. The van der Waals surface area contributed by atoms with E-state index in [0.717, 1.165) is 12.6 Å². The van der Waals surface area contributed by atoms with Gasteiger partial charge in [0.05, 0.1) is 0 Å². The van der Waals surface area contributed by atoms with E-state index in [-0.39, 0.29) is 0 Å². The molecule has 1 saturated carbocycles. The lowest BCUT2D eigenvalue weighted by molar-refractivity contribution is 0.686. The third kappa shape index (κ3) is 2.57. The highest BCUT2D eigenvalue weighted by molar-refractivity contribution is 5.65. The molecule has 0 aromatic carbocycles. The van der Waals surface area contributed by atoms with Gasteiger partial charge in [-0.05, 0) is 48.6 Å². The number of hydrogen-bond acceptors (Lipinski definition) is 3. The van der Waals surface area contributed by atoms with Crippen LogP contribution in [0.15, 0.2) is 36.9 Å². The van der Waals surface area contributed by atoms with Crippen LogP contribution >= 0.6 is 0 Å². The predicted octanol–water partition coefficient (Wildman–Crippen LogP) is 2.70. The van der Waals surface area contributed by atoms with Crippen molar-refractivity contribution in [2.24, 2.45) is 0 Å². The molecule has 0 amide bonds. The maximum absolute atomic E-state index is 4.34. The SMILES string of the molecule is Cc1cnccc1-c1cncc(CNC2CC2)c1. The minimum atomic E-state index is 0.733. The van der Waals surface area contributed by atoms with E-state index in [4.69, 9.17) is 0 Å². The molecule has 18 heavy (non-hydrogen) atoms. The molecule has 0 saturated heterocycles. The number of aromatic nitrogens is 2. The maximum Gasteiger partial charge on any atom is 0.0346 e. The van der Waals surface area contributed by atoms with Crippen LogP contribution in [0, 0.1) is 6.92 Å². The topological polar surface area (TPSA) is 37.8 Å². The van der Waals surface area contributed by atoms with E-state index in [1.54, 1.807) is 0 Å². The van der Waals surface area contributed by atoms with Crippen LogP contribution in [0.5, 0.6) is 0 Å². The van der Waals surface area contributed by atoms with Crippen molar-refractivity contribution in [3.8, 4) is 11.1 Å². The highest BCUT2D eigenvalue weighted by Gasteiger charge is 2.19. The van der Waals surface area contributed by atoms with Crippen LogP contribution in [0.2, 0.25) is 0 Å². The van der Waals surface area contributed by atoms with Crippen molar-refractivity contribution in [1.29, 1.82) is 0 Å².